The molecule has 0 aliphatic carbocycles. The number of benzene rings is 1. The maximum atomic E-state index is 12.1. The van der Waals surface area contributed by atoms with Gasteiger partial charge in [0.2, 0.25) is 0 Å². The topological polar surface area (TPSA) is 66.6 Å². The Labute approximate surface area is 128 Å². The molecule has 1 unspecified atom stereocenters. The van der Waals surface area contributed by atoms with Gasteiger partial charge < -0.3 is 4.40 Å². The van der Waals surface area contributed by atoms with Gasteiger partial charge in [-0.3, -0.25) is 10.0 Å². The molecule has 5 heteroatoms. The molecule has 1 atom stereocenters. The number of pyridine rings is 1. The molecule has 0 aliphatic rings. The Balaban J connectivity index is 2.05. The Morgan fingerprint density at radius 3 is 2.77 bits per heavy atom. The summed E-state index contributed by atoms with van der Waals surface area (Å²) in [4.78, 5) is 16.5. The lowest BCUT2D eigenvalue weighted by atomic mass is 9.96. The number of hydroxylamine groups is 1. The number of carbonyl (C=O) groups is 1. The van der Waals surface area contributed by atoms with Crippen molar-refractivity contribution in [3.63, 3.8) is 0 Å². The molecule has 3 aromatic rings. The van der Waals surface area contributed by atoms with E-state index in [1.54, 1.807) is 11.7 Å². The molecule has 0 aliphatic heterocycles. The molecule has 5 nitrogen and oxygen atoms in total. The van der Waals surface area contributed by atoms with Gasteiger partial charge in [-0.05, 0) is 30.5 Å². The number of aromatic nitrogens is 2. The van der Waals surface area contributed by atoms with E-state index in [4.69, 9.17) is 5.21 Å². The fourth-order valence-corrected chi connectivity index (χ4v) is 2.69. The predicted octanol–water partition coefficient (Wildman–Crippen LogP) is 2.47. The Bertz CT molecular complexity index is 796. The van der Waals surface area contributed by atoms with Gasteiger partial charge in [-0.15, -0.1) is 0 Å². The molecule has 1 amide bonds. The highest BCUT2D eigenvalue weighted by molar-refractivity contribution is 5.82. The molecule has 2 N–H and O–H groups in total. The van der Waals surface area contributed by atoms with Crippen LogP contribution in [-0.2, 0) is 11.2 Å². The van der Waals surface area contributed by atoms with Gasteiger partial charge in [0.1, 0.15) is 5.65 Å². The fourth-order valence-electron chi connectivity index (χ4n) is 2.69. The summed E-state index contributed by atoms with van der Waals surface area (Å²) >= 11 is 0. The summed E-state index contributed by atoms with van der Waals surface area (Å²) in [7, 11) is 0. The van der Waals surface area contributed by atoms with Crippen LogP contribution < -0.4 is 5.48 Å². The summed E-state index contributed by atoms with van der Waals surface area (Å²) in [5.74, 6) is -0.948. The molecule has 2 heterocycles. The molecule has 2 aromatic heterocycles. The van der Waals surface area contributed by atoms with Crippen molar-refractivity contribution in [1.82, 2.24) is 14.9 Å². The van der Waals surface area contributed by atoms with Crippen molar-refractivity contribution < 1.29 is 10.0 Å². The number of aryl methyl sites for hydroxylation is 1. The van der Waals surface area contributed by atoms with E-state index in [1.807, 2.05) is 60.0 Å². The number of carbonyl (C=O) groups excluding carboxylic acids is 1. The van der Waals surface area contributed by atoms with Gasteiger partial charge in [-0.1, -0.05) is 36.4 Å². The molecule has 0 spiro atoms. The number of nitrogens with one attached hydrogen (secondary N) is 1. The number of hydrogen-bond acceptors (Lipinski definition) is 3. The van der Waals surface area contributed by atoms with E-state index in [0.29, 0.717) is 6.42 Å². The summed E-state index contributed by atoms with van der Waals surface area (Å²) in [6.07, 6.45) is 4.08. The van der Waals surface area contributed by atoms with E-state index in [0.717, 1.165) is 22.5 Å². The van der Waals surface area contributed by atoms with Crippen molar-refractivity contribution in [2.24, 2.45) is 0 Å². The van der Waals surface area contributed by atoms with Crippen LogP contribution in [0.3, 0.4) is 0 Å². The second-order valence-electron chi connectivity index (χ2n) is 5.29. The van der Waals surface area contributed by atoms with Gasteiger partial charge >= 0.3 is 0 Å². The summed E-state index contributed by atoms with van der Waals surface area (Å²) in [5.41, 5.74) is 5.42. The van der Waals surface area contributed by atoms with Crippen LogP contribution in [0, 0.1) is 6.92 Å². The molecule has 0 saturated heterocycles. The number of imidazole rings is 1. The van der Waals surface area contributed by atoms with Crippen LogP contribution in [0.2, 0.25) is 0 Å². The van der Waals surface area contributed by atoms with E-state index >= 15 is 0 Å². The van der Waals surface area contributed by atoms with Crippen molar-refractivity contribution >= 4 is 11.6 Å². The Morgan fingerprint density at radius 2 is 2.05 bits per heavy atom. The third kappa shape index (κ3) is 2.58. The molecular formula is C17H17N3O2. The second-order valence-corrected chi connectivity index (χ2v) is 5.29. The van der Waals surface area contributed by atoms with Gasteiger partial charge in [0, 0.05) is 6.20 Å². The molecule has 112 valence electrons. The van der Waals surface area contributed by atoms with Crippen LogP contribution in [0.25, 0.3) is 5.65 Å². The highest BCUT2D eigenvalue weighted by Gasteiger charge is 2.24. The van der Waals surface area contributed by atoms with Gasteiger partial charge in [0.15, 0.2) is 0 Å². The molecular weight excluding hydrogens is 278 g/mol. The summed E-state index contributed by atoms with van der Waals surface area (Å²) in [6.45, 7) is 1.98. The highest BCUT2D eigenvalue weighted by atomic mass is 16.5. The lowest BCUT2D eigenvalue weighted by Gasteiger charge is -2.15. The minimum Gasteiger partial charge on any atom is -0.303 e. The SMILES string of the molecule is Cc1cccn2c(C(Cc3ccccc3)C(=O)NO)cnc12. The summed E-state index contributed by atoms with van der Waals surface area (Å²) < 4.78 is 1.90. The molecule has 0 fully saturated rings. The number of amides is 1. The largest absolute Gasteiger partial charge is 0.303 e. The van der Waals surface area contributed by atoms with Gasteiger partial charge in [-0.2, -0.15) is 0 Å². The molecule has 3 rings (SSSR count). The van der Waals surface area contributed by atoms with Crippen LogP contribution in [-0.4, -0.2) is 20.5 Å². The first kappa shape index (κ1) is 14.3. The Morgan fingerprint density at radius 1 is 1.27 bits per heavy atom. The highest BCUT2D eigenvalue weighted by Crippen LogP contribution is 2.23. The third-order valence-electron chi connectivity index (χ3n) is 3.83. The average Bonchev–Trinajstić information content (AvgIpc) is 2.98. The Kier molecular flexibility index (Phi) is 3.89. The zero-order valence-electron chi connectivity index (χ0n) is 12.2. The van der Waals surface area contributed by atoms with Crippen LogP contribution in [0.1, 0.15) is 22.7 Å². The van der Waals surface area contributed by atoms with E-state index in [9.17, 15) is 4.79 Å². The first-order chi connectivity index (χ1) is 10.7. The van der Waals surface area contributed by atoms with Crippen molar-refractivity contribution in [3.8, 4) is 0 Å². The van der Waals surface area contributed by atoms with Crippen LogP contribution >= 0.6 is 0 Å². The molecule has 0 bridgehead atoms. The first-order valence-electron chi connectivity index (χ1n) is 7.11. The monoisotopic (exact) mass is 295 g/mol. The first-order valence-corrected chi connectivity index (χ1v) is 7.11. The van der Waals surface area contributed by atoms with Crippen molar-refractivity contribution in [3.05, 3.63) is 71.7 Å². The number of rotatable bonds is 4. The van der Waals surface area contributed by atoms with E-state index in [2.05, 4.69) is 4.98 Å². The third-order valence-corrected chi connectivity index (χ3v) is 3.83. The van der Waals surface area contributed by atoms with Crippen molar-refractivity contribution in [1.29, 1.82) is 0 Å². The van der Waals surface area contributed by atoms with Crippen molar-refractivity contribution in [2.75, 3.05) is 0 Å². The number of fused-ring (bicyclic) bond motifs is 1. The standard InChI is InChI=1S/C17H17N3O2/c1-12-6-5-9-20-15(11-18-16(12)20)14(17(21)19-22)10-13-7-3-2-4-8-13/h2-9,11,14,22H,10H2,1H3,(H,19,21). The van der Waals surface area contributed by atoms with Crippen LogP contribution in [0.4, 0.5) is 0 Å². The second kappa shape index (κ2) is 5.99. The number of hydrogen-bond donors (Lipinski definition) is 2. The van der Waals surface area contributed by atoms with Crippen LogP contribution in [0.5, 0.6) is 0 Å². The minimum atomic E-state index is -0.510. The molecule has 0 saturated carbocycles. The maximum Gasteiger partial charge on any atom is 0.252 e. The zero-order valence-corrected chi connectivity index (χ0v) is 12.2. The van der Waals surface area contributed by atoms with Gasteiger partial charge in [0.25, 0.3) is 5.91 Å². The maximum absolute atomic E-state index is 12.1. The van der Waals surface area contributed by atoms with E-state index in [-0.39, 0.29) is 0 Å². The molecule has 22 heavy (non-hydrogen) atoms. The van der Waals surface area contributed by atoms with E-state index in [1.165, 1.54) is 0 Å². The predicted molar refractivity (Wildman–Crippen MR) is 82.7 cm³/mol. The van der Waals surface area contributed by atoms with Crippen molar-refractivity contribution in [2.45, 2.75) is 19.3 Å². The van der Waals surface area contributed by atoms with E-state index < -0.39 is 11.8 Å². The lowest BCUT2D eigenvalue weighted by Crippen LogP contribution is -2.28. The average molecular weight is 295 g/mol. The summed E-state index contributed by atoms with van der Waals surface area (Å²) in [5, 5.41) is 9.08. The van der Waals surface area contributed by atoms with Crippen LogP contribution in [0.15, 0.2) is 54.9 Å². The smallest absolute Gasteiger partial charge is 0.252 e. The minimum absolute atomic E-state index is 0.438. The number of nitrogens with zero attached hydrogens (tertiary/aromatic N) is 2. The Hall–Kier alpha value is -2.66. The quantitative estimate of drug-likeness (QED) is 0.574. The zero-order chi connectivity index (χ0) is 15.5. The van der Waals surface area contributed by atoms with Gasteiger partial charge in [-0.25, -0.2) is 10.5 Å². The normalized spacial score (nSPS) is 12.3. The fraction of sp³-hybridized carbons (Fsp3) is 0.176. The summed E-state index contributed by atoms with van der Waals surface area (Å²) in [6, 6.07) is 13.6. The molecule has 1 aromatic carbocycles. The molecule has 0 radical (unpaired) electrons. The lowest BCUT2D eigenvalue weighted by molar-refractivity contribution is -0.130. The van der Waals surface area contributed by atoms with Gasteiger partial charge in [0.05, 0.1) is 17.8 Å².